The van der Waals surface area contributed by atoms with Crippen molar-refractivity contribution in [2.45, 2.75) is 64.2 Å². The maximum atomic E-state index is 5.52. The average molecular weight is 349 g/mol. The molecule has 0 aliphatic carbocycles. The first kappa shape index (κ1) is 24.0. The van der Waals surface area contributed by atoms with Crippen LogP contribution in [0, 0.1) is 0 Å². The van der Waals surface area contributed by atoms with Crippen molar-refractivity contribution in [1.82, 2.24) is 0 Å². The minimum absolute atomic E-state index is 0. The summed E-state index contributed by atoms with van der Waals surface area (Å²) in [7, 11) is 0. The van der Waals surface area contributed by atoms with Gasteiger partial charge in [0, 0.05) is 0 Å². The first-order valence-electron chi connectivity index (χ1n) is 8.34. The van der Waals surface area contributed by atoms with E-state index in [2.05, 4.69) is 24.3 Å². The van der Waals surface area contributed by atoms with Crippen LogP contribution in [0.1, 0.15) is 62.5 Å². The summed E-state index contributed by atoms with van der Waals surface area (Å²) in [6, 6.07) is 9.17. The van der Waals surface area contributed by atoms with Crippen LogP contribution in [-0.4, -0.2) is 13.1 Å². The van der Waals surface area contributed by atoms with Crippen molar-refractivity contribution in [3.05, 3.63) is 35.4 Å². The topological polar surface area (TPSA) is 52.0 Å². The van der Waals surface area contributed by atoms with E-state index in [0.29, 0.717) is 0 Å². The van der Waals surface area contributed by atoms with Crippen LogP contribution in [0.25, 0.3) is 0 Å². The second kappa shape index (κ2) is 17.1. The van der Waals surface area contributed by atoms with Gasteiger partial charge in [0.2, 0.25) is 0 Å². The summed E-state index contributed by atoms with van der Waals surface area (Å²) in [5.74, 6) is 0. The van der Waals surface area contributed by atoms with Gasteiger partial charge in [0.15, 0.2) is 0 Å². The summed E-state index contributed by atoms with van der Waals surface area (Å²) in [6.45, 7) is 1.65. The van der Waals surface area contributed by atoms with Crippen molar-refractivity contribution in [3.8, 4) is 0 Å². The summed E-state index contributed by atoms with van der Waals surface area (Å²) in [5.41, 5.74) is 13.9. The maximum absolute atomic E-state index is 5.52. The van der Waals surface area contributed by atoms with Gasteiger partial charge in [0.05, 0.1) is 0 Å². The smallest absolute Gasteiger partial charge is 0.00772 e. The summed E-state index contributed by atoms with van der Waals surface area (Å²) >= 11 is 0. The highest BCUT2D eigenvalue weighted by atomic mass is 35.5. The molecule has 0 saturated carbocycles. The Hall–Kier alpha value is -0.280. The van der Waals surface area contributed by atoms with Gasteiger partial charge in [-0.05, 0) is 62.7 Å². The fourth-order valence-electron chi connectivity index (χ4n) is 2.53. The highest BCUT2D eigenvalue weighted by Gasteiger charge is 1.96. The molecule has 130 valence electrons. The van der Waals surface area contributed by atoms with Gasteiger partial charge >= 0.3 is 0 Å². The summed E-state index contributed by atoms with van der Waals surface area (Å²) < 4.78 is 0. The first-order chi connectivity index (χ1) is 9.86. The van der Waals surface area contributed by atoms with Gasteiger partial charge in [-0.25, -0.2) is 0 Å². The Labute approximate surface area is 149 Å². The lowest BCUT2D eigenvalue weighted by Crippen LogP contribution is -1.99. The Kier molecular flexibility index (Phi) is 18.6. The van der Waals surface area contributed by atoms with Crippen LogP contribution >= 0.6 is 24.8 Å². The summed E-state index contributed by atoms with van der Waals surface area (Å²) in [6.07, 6.45) is 12.6. The van der Waals surface area contributed by atoms with Crippen LogP contribution < -0.4 is 11.5 Å². The number of benzene rings is 1. The van der Waals surface area contributed by atoms with Crippen molar-refractivity contribution in [3.63, 3.8) is 0 Å². The third kappa shape index (κ3) is 12.3. The predicted octanol–water partition coefficient (Wildman–Crippen LogP) is 4.65. The molecule has 1 rings (SSSR count). The number of hydrogen-bond donors (Lipinski definition) is 2. The maximum Gasteiger partial charge on any atom is -0.00772 e. The Morgan fingerprint density at radius 2 is 0.818 bits per heavy atom. The number of nitrogens with two attached hydrogens (primary N) is 2. The van der Waals surface area contributed by atoms with E-state index in [1.54, 1.807) is 0 Å². The minimum atomic E-state index is 0. The van der Waals surface area contributed by atoms with E-state index >= 15 is 0 Å². The zero-order valence-corrected chi connectivity index (χ0v) is 15.4. The number of aryl methyl sites for hydroxylation is 2. The highest BCUT2D eigenvalue weighted by Crippen LogP contribution is 2.12. The molecule has 0 aliphatic heterocycles. The van der Waals surface area contributed by atoms with Crippen LogP contribution in [0.3, 0.4) is 0 Å². The molecule has 0 bridgehead atoms. The highest BCUT2D eigenvalue weighted by molar-refractivity contribution is 5.85. The molecule has 4 N–H and O–H groups in total. The molecule has 0 aliphatic rings. The van der Waals surface area contributed by atoms with E-state index in [-0.39, 0.29) is 24.8 Å². The van der Waals surface area contributed by atoms with Crippen LogP contribution in [0.2, 0.25) is 0 Å². The van der Waals surface area contributed by atoms with E-state index in [0.717, 1.165) is 19.5 Å². The van der Waals surface area contributed by atoms with E-state index in [9.17, 15) is 0 Å². The quantitative estimate of drug-likeness (QED) is 0.540. The number of unbranched alkanes of at least 4 members (excludes halogenated alkanes) is 6. The lowest BCUT2D eigenvalue weighted by molar-refractivity contribution is 0.597. The first-order valence-corrected chi connectivity index (χ1v) is 8.34. The molecule has 0 radical (unpaired) electrons. The molecule has 1 aromatic carbocycles. The van der Waals surface area contributed by atoms with Crippen molar-refractivity contribution in [2.75, 3.05) is 13.1 Å². The van der Waals surface area contributed by atoms with E-state index in [1.165, 1.54) is 68.9 Å². The Bertz CT molecular complexity index is 328. The Balaban J connectivity index is 0. The van der Waals surface area contributed by atoms with Gasteiger partial charge in [-0.2, -0.15) is 0 Å². The summed E-state index contributed by atoms with van der Waals surface area (Å²) in [5, 5.41) is 0. The number of rotatable bonds is 12. The normalized spacial score (nSPS) is 9.91. The van der Waals surface area contributed by atoms with E-state index < -0.39 is 0 Å². The van der Waals surface area contributed by atoms with Gasteiger partial charge in [0.25, 0.3) is 0 Å². The van der Waals surface area contributed by atoms with Crippen LogP contribution in [0.4, 0.5) is 0 Å². The molecular weight excluding hydrogens is 315 g/mol. The Morgan fingerprint density at radius 1 is 0.500 bits per heavy atom. The molecule has 0 amide bonds. The summed E-state index contributed by atoms with van der Waals surface area (Å²) in [4.78, 5) is 0. The average Bonchev–Trinajstić information content (AvgIpc) is 2.48. The molecule has 0 saturated heterocycles. The largest absolute Gasteiger partial charge is 0.330 e. The molecule has 0 atom stereocenters. The van der Waals surface area contributed by atoms with E-state index in [4.69, 9.17) is 11.5 Å². The molecule has 0 spiro atoms. The molecule has 4 heteroatoms. The third-order valence-corrected chi connectivity index (χ3v) is 3.86. The molecule has 0 heterocycles. The molecule has 0 aromatic heterocycles. The zero-order chi connectivity index (χ0) is 14.5. The van der Waals surface area contributed by atoms with Crippen LogP contribution in [0.15, 0.2) is 24.3 Å². The van der Waals surface area contributed by atoms with Gasteiger partial charge in [-0.1, -0.05) is 49.9 Å². The third-order valence-electron chi connectivity index (χ3n) is 3.86. The van der Waals surface area contributed by atoms with Crippen LogP contribution in [0.5, 0.6) is 0 Å². The lowest BCUT2D eigenvalue weighted by atomic mass is 10.0. The van der Waals surface area contributed by atoms with Gasteiger partial charge < -0.3 is 11.5 Å². The number of halogens is 2. The zero-order valence-electron chi connectivity index (χ0n) is 13.8. The fourth-order valence-corrected chi connectivity index (χ4v) is 2.53. The van der Waals surface area contributed by atoms with Crippen molar-refractivity contribution >= 4 is 24.8 Å². The Morgan fingerprint density at radius 3 is 1.27 bits per heavy atom. The second-order valence-electron chi connectivity index (χ2n) is 5.72. The monoisotopic (exact) mass is 348 g/mol. The molecular formula is C18H34Cl2N2. The molecule has 2 nitrogen and oxygen atoms in total. The fraction of sp³-hybridized carbons (Fsp3) is 0.667. The molecule has 0 unspecified atom stereocenters. The lowest BCUT2D eigenvalue weighted by Gasteiger charge is -2.05. The van der Waals surface area contributed by atoms with Crippen LogP contribution in [-0.2, 0) is 12.8 Å². The van der Waals surface area contributed by atoms with E-state index in [1.807, 2.05) is 0 Å². The van der Waals surface area contributed by atoms with Gasteiger partial charge in [-0.15, -0.1) is 24.8 Å². The molecule has 1 aromatic rings. The standard InChI is InChI=1S/C18H32N2.2ClH/c19-15-7-4-2-1-3-5-9-17-11-13-18(14-12-17)10-6-8-16-20;;/h11-14H,1-10,15-16,19-20H2;2*1H. The van der Waals surface area contributed by atoms with Crippen molar-refractivity contribution in [1.29, 1.82) is 0 Å². The minimum Gasteiger partial charge on any atom is -0.330 e. The van der Waals surface area contributed by atoms with Gasteiger partial charge in [-0.3, -0.25) is 0 Å². The van der Waals surface area contributed by atoms with Crippen molar-refractivity contribution < 1.29 is 0 Å². The van der Waals surface area contributed by atoms with Crippen molar-refractivity contribution in [2.24, 2.45) is 11.5 Å². The SMILES string of the molecule is Cl.Cl.NCCCCCCCCc1ccc(CCCCN)cc1. The molecule has 0 fully saturated rings. The molecule has 22 heavy (non-hydrogen) atoms. The second-order valence-corrected chi connectivity index (χ2v) is 5.72. The van der Waals surface area contributed by atoms with Gasteiger partial charge in [0.1, 0.15) is 0 Å². The predicted molar refractivity (Wildman–Crippen MR) is 103 cm³/mol. The number of hydrogen-bond acceptors (Lipinski definition) is 2.